The monoisotopic (exact) mass is 346 g/mol. The van der Waals surface area contributed by atoms with Crippen LogP contribution in [0.25, 0.3) is 0 Å². The second kappa shape index (κ2) is 7.01. The largest absolute Gasteiger partial charge is 0.327 e. The minimum absolute atomic E-state index is 0.250. The molecule has 0 aliphatic carbocycles. The van der Waals surface area contributed by atoms with E-state index in [0.717, 1.165) is 6.42 Å². The molecule has 0 unspecified atom stereocenters. The molecule has 6 heteroatoms. The van der Waals surface area contributed by atoms with Gasteiger partial charge in [0.05, 0.1) is 0 Å². The molecule has 1 atom stereocenters. The summed E-state index contributed by atoms with van der Waals surface area (Å²) >= 11 is 5.82. The first kappa shape index (κ1) is 16.5. The summed E-state index contributed by atoms with van der Waals surface area (Å²) < 4.78 is 13.3. The normalized spacial score (nSPS) is 16.9. The molecular weight excluding hydrogens is 331 g/mol. The number of halogens is 2. The van der Waals surface area contributed by atoms with Gasteiger partial charge in [-0.1, -0.05) is 17.7 Å². The molecule has 1 saturated heterocycles. The topological polar surface area (TPSA) is 49.4 Å². The zero-order valence-electron chi connectivity index (χ0n) is 12.8. The van der Waals surface area contributed by atoms with Crippen LogP contribution >= 0.6 is 11.6 Å². The van der Waals surface area contributed by atoms with E-state index in [1.165, 1.54) is 23.1 Å². The van der Waals surface area contributed by atoms with E-state index in [-0.39, 0.29) is 17.4 Å². The lowest BCUT2D eigenvalue weighted by atomic mass is 10.1. The quantitative estimate of drug-likeness (QED) is 0.920. The standard InChI is InChI=1S/C18H16ClFN2O2/c19-13-6-8-15(9-7-13)21-17(23)16-5-2-10-22(16)18(24)12-3-1-4-14(20)11-12/h1,3-4,6-9,11,16H,2,5,10H2,(H,21,23)/t16-/m0/s1. The Balaban J connectivity index is 1.73. The molecule has 1 aliphatic rings. The van der Waals surface area contributed by atoms with Crippen LogP contribution < -0.4 is 5.32 Å². The van der Waals surface area contributed by atoms with Crippen LogP contribution in [0.15, 0.2) is 48.5 Å². The molecule has 4 nitrogen and oxygen atoms in total. The van der Waals surface area contributed by atoms with Crippen molar-refractivity contribution in [3.05, 3.63) is 64.9 Å². The highest BCUT2D eigenvalue weighted by atomic mass is 35.5. The molecule has 1 fully saturated rings. The Morgan fingerprint density at radius 3 is 2.62 bits per heavy atom. The molecule has 2 amide bonds. The van der Waals surface area contributed by atoms with Crippen LogP contribution in [0.2, 0.25) is 5.02 Å². The number of anilines is 1. The highest BCUT2D eigenvalue weighted by Gasteiger charge is 2.34. The van der Waals surface area contributed by atoms with Gasteiger partial charge in [0.2, 0.25) is 5.91 Å². The van der Waals surface area contributed by atoms with Crippen LogP contribution in [-0.4, -0.2) is 29.3 Å². The van der Waals surface area contributed by atoms with Gasteiger partial charge < -0.3 is 10.2 Å². The first-order chi connectivity index (χ1) is 11.5. The second-order valence-corrected chi connectivity index (χ2v) is 6.10. The van der Waals surface area contributed by atoms with Crippen LogP contribution in [0.1, 0.15) is 23.2 Å². The summed E-state index contributed by atoms with van der Waals surface area (Å²) in [7, 11) is 0. The Kier molecular flexibility index (Phi) is 4.81. The van der Waals surface area contributed by atoms with Crippen LogP contribution in [-0.2, 0) is 4.79 Å². The third-order valence-corrected chi connectivity index (χ3v) is 4.25. The van der Waals surface area contributed by atoms with Gasteiger partial charge in [-0.25, -0.2) is 4.39 Å². The lowest BCUT2D eigenvalue weighted by molar-refractivity contribution is -0.119. The number of carbonyl (C=O) groups excluding carboxylic acids is 2. The van der Waals surface area contributed by atoms with Crippen molar-refractivity contribution in [3.63, 3.8) is 0 Å². The summed E-state index contributed by atoms with van der Waals surface area (Å²) in [6.07, 6.45) is 1.32. The third kappa shape index (κ3) is 3.57. The molecule has 2 aromatic rings. The molecule has 0 aromatic heterocycles. The SMILES string of the molecule is O=C(Nc1ccc(Cl)cc1)[C@@H]1CCCN1C(=O)c1cccc(F)c1. The van der Waals surface area contributed by atoms with Crippen molar-refractivity contribution in [2.24, 2.45) is 0 Å². The highest BCUT2D eigenvalue weighted by Crippen LogP contribution is 2.22. The number of amides is 2. The van der Waals surface area contributed by atoms with Gasteiger partial charge in [-0.3, -0.25) is 9.59 Å². The Bertz CT molecular complexity index is 764. The van der Waals surface area contributed by atoms with Crippen molar-refractivity contribution < 1.29 is 14.0 Å². The molecule has 1 N–H and O–H groups in total. The maximum Gasteiger partial charge on any atom is 0.254 e. The second-order valence-electron chi connectivity index (χ2n) is 5.66. The summed E-state index contributed by atoms with van der Waals surface area (Å²) in [5.41, 5.74) is 0.871. The van der Waals surface area contributed by atoms with Crippen molar-refractivity contribution in [1.82, 2.24) is 4.90 Å². The average Bonchev–Trinajstić information content (AvgIpc) is 3.06. The van der Waals surface area contributed by atoms with Crippen molar-refractivity contribution in [1.29, 1.82) is 0 Å². The van der Waals surface area contributed by atoms with Gasteiger partial charge in [-0.05, 0) is 55.3 Å². The van der Waals surface area contributed by atoms with E-state index < -0.39 is 11.9 Å². The van der Waals surface area contributed by atoms with Crippen molar-refractivity contribution in [2.45, 2.75) is 18.9 Å². The summed E-state index contributed by atoms with van der Waals surface area (Å²) in [5.74, 6) is -1.05. The Hall–Kier alpha value is -2.40. The van der Waals surface area contributed by atoms with Gasteiger partial charge in [-0.15, -0.1) is 0 Å². The van der Waals surface area contributed by atoms with E-state index in [9.17, 15) is 14.0 Å². The first-order valence-corrected chi connectivity index (χ1v) is 8.05. The summed E-state index contributed by atoms with van der Waals surface area (Å²) in [5, 5.41) is 3.37. The smallest absolute Gasteiger partial charge is 0.254 e. The fraction of sp³-hybridized carbons (Fsp3) is 0.222. The van der Waals surface area contributed by atoms with Crippen molar-refractivity contribution >= 4 is 29.1 Å². The van der Waals surface area contributed by atoms with E-state index in [1.54, 1.807) is 30.3 Å². The van der Waals surface area contributed by atoms with Crippen LogP contribution in [0.5, 0.6) is 0 Å². The maximum atomic E-state index is 13.3. The molecule has 2 aromatic carbocycles. The van der Waals surface area contributed by atoms with E-state index >= 15 is 0 Å². The van der Waals surface area contributed by atoms with Gasteiger partial charge in [0.1, 0.15) is 11.9 Å². The Morgan fingerprint density at radius 2 is 1.92 bits per heavy atom. The van der Waals surface area contributed by atoms with Crippen LogP contribution in [0, 0.1) is 5.82 Å². The molecular formula is C18H16ClFN2O2. The minimum atomic E-state index is -0.559. The first-order valence-electron chi connectivity index (χ1n) is 7.67. The maximum absolute atomic E-state index is 13.3. The number of benzene rings is 2. The highest BCUT2D eigenvalue weighted by molar-refractivity contribution is 6.30. The summed E-state index contributed by atoms with van der Waals surface area (Å²) in [6, 6.07) is 11.7. The van der Waals surface area contributed by atoms with Crippen molar-refractivity contribution in [3.8, 4) is 0 Å². The zero-order valence-corrected chi connectivity index (χ0v) is 13.6. The lowest BCUT2D eigenvalue weighted by Crippen LogP contribution is -2.43. The Labute approximate surface area is 144 Å². The molecule has 24 heavy (non-hydrogen) atoms. The van der Waals surface area contributed by atoms with Crippen LogP contribution in [0.3, 0.4) is 0 Å². The predicted octanol–water partition coefficient (Wildman–Crippen LogP) is 3.72. The zero-order chi connectivity index (χ0) is 17.1. The summed E-state index contributed by atoms with van der Waals surface area (Å²) in [4.78, 5) is 26.6. The number of hydrogen-bond acceptors (Lipinski definition) is 2. The number of rotatable bonds is 3. The van der Waals surface area contributed by atoms with E-state index in [4.69, 9.17) is 11.6 Å². The molecule has 1 heterocycles. The molecule has 0 spiro atoms. The molecule has 0 saturated carbocycles. The molecule has 1 aliphatic heterocycles. The fourth-order valence-corrected chi connectivity index (χ4v) is 2.95. The van der Waals surface area contributed by atoms with E-state index in [1.807, 2.05) is 0 Å². The number of likely N-dealkylation sites (tertiary alicyclic amines) is 1. The van der Waals surface area contributed by atoms with Gasteiger partial charge >= 0.3 is 0 Å². The predicted molar refractivity (Wildman–Crippen MR) is 90.5 cm³/mol. The number of nitrogens with one attached hydrogen (secondary N) is 1. The molecule has 3 rings (SSSR count). The van der Waals surface area contributed by atoms with Gasteiger partial charge in [0.15, 0.2) is 0 Å². The van der Waals surface area contributed by atoms with E-state index in [0.29, 0.717) is 23.7 Å². The lowest BCUT2D eigenvalue weighted by Gasteiger charge is -2.24. The Morgan fingerprint density at radius 1 is 1.17 bits per heavy atom. The van der Waals surface area contributed by atoms with E-state index in [2.05, 4.69) is 5.32 Å². The molecule has 0 radical (unpaired) electrons. The summed E-state index contributed by atoms with van der Waals surface area (Å²) in [6.45, 7) is 0.480. The number of carbonyl (C=O) groups is 2. The van der Waals surface area contributed by atoms with Gasteiger partial charge in [0, 0.05) is 22.8 Å². The number of nitrogens with zero attached hydrogens (tertiary/aromatic N) is 1. The van der Waals surface area contributed by atoms with Gasteiger partial charge in [0.25, 0.3) is 5.91 Å². The average molecular weight is 347 g/mol. The van der Waals surface area contributed by atoms with Crippen LogP contribution in [0.4, 0.5) is 10.1 Å². The van der Waals surface area contributed by atoms with Crippen molar-refractivity contribution in [2.75, 3.05) is 11.9 Å². The third-order valence-electron chi connectivity index (χ3n) is 4.00. The van der Waals surface area contributed by atoms with Gasteiger partial charge in [-0.2, -0.15) is 0 Å². The molecule has 124 valence electrons. The molecule has 0 bridgehead atoms. The number of hydrogen-bond donors (Lipinski definition) is 1. The minimum Gasteiger partial charge on any atom is -0.327 e. The fourth-order valence-electron chi connectivity index (χ4n) is 2.83.